The predicted octanol–water partition coefficient (Wildman–Crippen LogP) is 4.65. The second kappa shape index (κ2) is 17.2. The molecule has 284 valence electrons. The van der Waals surface area contributed by atoms with Crippen LogP contribution in [0.4, 0.5) is 28.9 Å². The van der Waals surface area contributed by atoms with E-state index in [2.05, 4.69) is 4.72 Å². The Hall–Kier alpha value is -5.00. The third-order valence-electron chi connectivity index (χ3n) is 8.11. The van der Waals surface area contributed by atoms with Crippen LogP contribution in [0.5, 0.6) is 11.5 Å². The van der Waals surface area contributed by atoms with Crippen LogP contribution in [0, 0.1) is 29.2 Å². The van der Waals surface area contributed by atoms with Crippen molar-refractivity contribution in [2.45, 2.75) is 18.9 Å². The number of likely N-dealkylation sites (N-methyl/N-ethyl adjacent to an activating group) is 1. The minimum atomic E-state index is -4.94. The number of sulfone groups is 1. The number of hydrogen-bond donors (Lipinski definition) is 1. The number of methoxy groups -OCH3 is 2. The molecule has 11 nitrogen and oxygen atoms in total. The minimum Gasteiger partial charge on any atom is -0.497 e. The van der Waals surface area contributed by atoms with Gasteiger partial charge in [0.05, 0.1) is 25.9 Å². The summed E-state index contributed by atoms with van der Waals surface area (Å²) in [6, 6.07) is 15.3. The van der Waals surface area contributed by atoms with Crippen molar-refractivity contribution in [1.29, 1.82) is 0 Å². The molecule has 0 radical (unpaired) electrons. The molecule has 0 saturated carbocycles. The van der Waals surface area contributed by atoms with Crippen LogP contribution in [-0.2, 0) is 42.3 Å². The largest absolute Gasteiger partial charge is 0.497 e. The molecule has 1 unspecified atom stereocenters. The fourth-order valence-electron chi connectivity index (χ4n) is 5.59. The number of anilines is 2. The molecule has 0 aliphatic heterocycles. The number of carbonyl (C=O) groups excluding carboxylic acids is 2. The normalized spacial score (nSPS) is 12.8. The van der Waals surface area contributed by atoms with Crippen molar-refractivity contribution in [3.8, 4) is 11.5 Å². The van der Waals surface area contributed by atoms with Crippen molar-refractivity contribution < 1.29 is 53.5 Å². The molecule has 0 aliphatic carbocycles. The van der Waals surface area contributed by atoms with E-state index < -0.39 is 90.6 Å². The molecule has 0 bridgehead atoms. The highest BCUT2D eigenvalue weighted by molar-refractivity contribution is 8.07. The lowest BCUT2D eigenvalue weighted by molar-refractivity contribution is -0.121. The van der Waals surface area contributed by atoms with E-state index in [1.165, 1.54) is 64.7 Å². The van der Waals surface area contributed by atoms with Gasteiger partial charge in [0, 0.05) is 37.6 Å². The standard InChI is InChI=1S/C36H37F4N3O8S2/c1-42(30-5-9-32(50-3)10-6-30)35(44)25(13-23-14-26(37)19-27(38)15-23)21-52(46,47)22-53(48,49)41-34(18-24-16-28(39)20-29(40)17-24)36(45)43(2)31-7-11-33(51-4)12-8-31/h5-12,14-17,19-20,25,34,41H,13,18,21-22H2,1-4H3/t25-,34?/m1/s1. The molecule has 4 aromatic carbocycles. The molecule has 17 heteroatoms. The zero-order valence-corrected chi connectivity index (χ0v) is 30.7. The smallest absolute Gasteiger partial charge is 0.245 e. The summed E-state index contributed by atoms with van der Waals surface area (Å²) < 4.78 is 123. The molecule has 1 N–H and O–H groups in total. The van der Waals surface area contributed by atoms with Crippen molar-refractivity contribution in [3.63, 3.8) is 0 Å². The first-order valence-electron chi connectivity index (χ1n) is 15.8. The van der Waals surface area contributed by atoms with Crippen LogP contribution in [0.1, 0.15) is 11.1 Å². The highest BCUT2D eigenvalue weighted by Crippen LogP contribution is 2.24. The monoisotopic (exact) mass is 779 g/mol. The van der Waals surface area contributed by atoms with Gasteiger partial charge in [-0.1, -0.05) is 0 Å². The lowest BCUT2D eigenvalue weighted by Gasteiger charge is -2.26. The van der Waals surface area contributed by atoms with Gasteiger partial charge >= 0.3 is 0 Å². The molecule has 53 heavy (non-hydrogen) atoms. The molecule has 0 saturated heterocycles. The fraction of sp³-hybridized carbons (Fsp3) is 0.278. The minimum absolute atomic E-state index is 0.0604. The predicted molar refractivity (Wildman–Crippen MR) is 191 cm³/mol. The summed E-state index contributed by atoms with van der Waals surface area (Å²) >= 11 is 0. The van der Waals surface area contributed by atoms with Gasteiger partial charge in [0.2, 0.25) is 21.8 Å². The van der Waals surface area contributed by atoms with Gasteiger partial charge < -0.3 is 19.3 Å². The lowest BCUT2D eigenvalue weighted by Crippen LogP contribution is -2.50. The Kier molecular flexibility index (Phi) is 13.2. The molecule has 0 spiro atoms. The Labute approximate surface area is 305 Å². The summed E-state index contributed by atoms with van der Waals surface area (Å²) in [6.45, 7) is 0. The topological polar surface area (TPSA) is 139 Å². The summed E-state index contributed by atoms with van der Waals surface area (Å²) in [4.78, 5) is 29.6. The highest BCUT2D eigenvalue weighted by atomic mass is 32.3. The second-order valence-electron chi connectivity index (χ2n) is 12.2. The number of nitrogens with one attached hydrogen (secondary N) is 1. The van der Waals surface area contributed by atoms with Crippen molar-refractivity contribution in [2.24, 2.45) is 5.92 Å². The highest BCUT2D eigenvalue weighted by Gasteiger charge is 2.35. The lowest BCUT2D eigenvalue weighted by atomic mass is 9.99. The third-order valence-corrected chi connectivity index (χ3v) is 12.3. The molecule has 4 aromatic rings. The number of ether oxygens (including phenoxy) is 2. The summed E-state index contributed by atoms with van der Waals surface area (Å²) in [7, 11) is -4.16. The van der Waals surface area contributed by atoms with Gasteiger partial charge in [0.25, 0.3) is 0 Å². The molecule has 2 atom stereocenters. The van der Waals surface area contributed by atoms with E-state index in [0.29, 0.717) is 29.3 Å². The molecule has 0 heterocycles. The zero-order valence-electron chi connectivity index (χ0n) is 29.1. The number of halogens is 4. The molecule has 0 aliphatic rings. The van der Waals surface area contributed by atoms with Crippen LogP contribution in [0.25, 0.3) is 0 Å². The van der Waals surface area contributed by atoms with E-state index in [1.807, 2.05) is 0 Å². The Balaban J connectivity index is 1.62. The van der Waals surface area contributed by atoms with Crippen molar-refractivity contribution in [2.75, 3.05) is 49.0 Å². The zero-order chi connectivity index (χ0) is 39.1. The molecular formula is C36H37F4N3O8S2. The van der Waals surface area contributed by atoms with Crippen molar-refractivity contribution in [1.82, 2.24) is 4.72 Å². The maximum absolute atomic E-state index is 14.1. The van der Waals surface area contributed by atoms with Crippen LogP contribution in [0.3, 0.4) is 0 Å². The van der Waals surface area contributed by atoms with Gasteiger partial charge in [-0.05, 0) is 96.8 Å². The van der Waals surface area contributed by atoms with Crippen LogP contribution in [-0.4, -0.2) is 73.8 Å². The van der Waals surface area contributed by atoms with Gasteiger partial charge in [0.15, 0.2) is 14.9 Å². The van der Waals surface area contributed by atoms with Crippen LogP contribution in [0.2, 0.25) is 0 Å². The number of rotatable bonds is 16. The quantitative estimate of drug-likeness (QED) is 0.162. The van der Waals surface area contributed by atoms with Crippen LogP contribution in [0.15, 0.2) is 84.9 Å². The van der Waals surface area contributed by atoms with Gasteiger partial charge in [0.1, 0.15) is 40.8 Å². The Morgan fingerprint density at radius 1 is 0.642 bits per heavy atom. The number of amides is 2. The van der Waals surface area contributed by atoms with Crippen molar-refractivity contribution >= 4 is 43.0 Å². The second-order valence-corrected chi connectivity index (χ2v) is 16.4. The molecule has 2 amide bonds. The van der Waals surface area contributed by atoms with Gasteiger partial charge in [-0.2, -0.15) is 0 Å². The first kappa shape index (κ1) is 40.8. The maximum Gasteiger partial charge on any atom is 0.245 e. The SMILES string of the molecule is COc1ccc(N(C)C(=O)C(Cc2cc(F)cc(F)c2)NS(=O)(=O)CS(=O)(=O)C[C@@H](Cc2cc(F)cc(F)c2)C(=O)N(C)c2ccc(OC)cc2)cc1. The van der Waals surface area contributed by atoms with E-state index in [1.54, 1.807) is 12.1 Å². The number of nitrogens with zero attached hydrogens (tertiary/aromatic N) is 2. The van der Waals surface area contributed by atoms with E-state index in [9.17, 15) is 44.0 Å². The number of sulfonamides is 1. The maximum atomic E-state index is 14.1. The van der Waals surface area contributed by atoms with E-state index in [0.717, 1.165) is 34.1 Å². The average molecular weight is 780 g/mol. The van der Waals surface area contributed by atoms with Crippen LogP contribution < -0.4 is 24.0 Å². The summed E-state index contributed by atoms with van der Waals surface area (Å²) in [5, 5.41) is -1.61. The first-order chi connectivity index (χ1) is 24.9. The van der Waals surface area contributed by atoms with E-state index in [4.69, 9.17) is 9.47 Å². The number of hydrogen-bond acceptors (Lipinski definition) is 8. The van der Waals surface area contributed by atoms with Gasteiger partial charge in [-0.15, -0.1) is 0 Å². The number of benzene rings is 4. The first-order valence-corrected chi connectivity index (χ1v) is 19.3. The van der Waals surface area contributed by atoms with E-state index >= 15 is 0 Å². The molecule has 0 aromatic heterocycles. The summed E-state index contributed by atoms with van der Waals surface area (Å²) in [5.74, 6) is -7.32. The third kappa shape index (κ3) is 11.5. The molecule has 4 rings (SSSR count). The van der Waals surface area contributed by atoms with Gasteiger partial charge in [-0.25, -0.2) is 39.1 Å². The summed E-state index contributed by atoms with van der Waals surface area (Å²) in [5.41, 5.74) is 0.432. The van der Waals surface area contributed by atoms with Gasteiger partial charge in [-0.3, -0.25) is 9.59 Å². The Bertz CT molecular complexity index is 1960. The van der Waals surface area contributed by atoms with Crippen LogP contribution >= 0.6 is 0 Å². The average Bonchev–Trinajstić information content (AvgIpc) is 3.08. The molecule has 0 fully saturated rings. The van der Waals surface area contributed by atoms with E-state index in [-0.39, 0.29) is 16.8 Å². The van der Waals surface area contributed by atoms with Crippen molar-refractivity contribution in [3.05, 3.63) is 119 Å². The summed E-state index contributed by atoms with van der Waals surface area (Å²) in [6.07, 6.45) is -1.06. The number of carbonyl (C=O) groups is 2. The fourth-order valence-corrected chi connectivity index (χ4v) is 9.63. The Morgan fingerprint density at radius 2 is 1.04 bits per heavy atom. The Morgan fingerprint density at radius 3 is 1.45 bits per heavy atom. The molecular weight excluding hydrogens is 743 g/mol.